The number of carbonyl (C=O) groups is 2. The summed E-state index contributed by atoms with van der Waals surface area (Å²) in [4.78, 5) is 27.1. The van der Waals surface area contributed by atoms with Gasteiger partial charge < -0.3 is 14.9 Å². The van der Waals surface area contributed by atoms with Gasteiger partial charge in [0.15, 0.2) is 0 Å². The molecular formula is C13H22N2O3. The summed E-state index contributed by atoms with van der Waals surface area (Å²) in [5.41, 5.74) is 0. The molecule has 2 heterocycles. The van der Waals surface area contributed by atoms with Gasteiger partial charge in [0.25, 0.3) is 0 Å². The van der Waals surface area contributed by atoms with Gasteiger partial charge in [0.2, 0.25) is 0 Å². The van der Waals surface area contributed by atoms with E-state index in [9.17, 15) is 9.59 Å². The van der Waals surface area contributed by atoms with E-state index in [1.54, 1.807) is 4.90 Å². The van der Waals surface area contributed by atoms with Gasteiger partial charge in [0.1, 0.15) is 0 Å². The van der Waals surface area contributed by atoms with Crippen molar-refractivity contribution in [3.05, 3.63) is 0 Å². The van der Waals surface area contributed by atoms with E-state index >= 15 is 0 Å². The van der Waals surface area contributed by atoms with Crippen molar-refractivity contribution in [1.82, 2.24) is 9.80 Å². The smallest absolute Gasteiger partial charge is 0.320 e. The highest BCUT2D eigenvalue weighted by molar-refractivity contribution is 5.78. The predicted octanol–water partition coefficient (Wildman–Crippen LogP) is 1.63. The number of hydrogen-bond acceptors (Lipinski definition) is 2. The molecule has 2 fully saturated rings. The van der Waals surface area contributed by atoms with Crippen LogP contribution in [0.25, 0.3) is 0 Å². The van der Waals surface area contributed by atoms with Crippen LogP contribution in [-0.2, 0) is 4.79 Å². The van der Waals surface area contributed by atoms with Crippen LogP contribution in [0.5, 0.6) is 0 Å². The zero-order valence-corrected chi connectivity index (χ0v) is 11.1. The van der Waals surface area contributed by atoms with E-state index in [1.165, 1.54) is 0 Å². The fourth-order valence-electron chi connectivity index (χ4n) is 3.14. The maximum atomic E-state index is 12.4. The molecule has 5 heteroatoms. The highest BCUT2D eigenvalue weighted by Gasteiger charge is 2.40. The first kappa shape index (κ1) is 13.2. The third-order valence-electron chi connectivity index (χ3n) is 4.29. The third kappa shape index (κ3) is 2.31. The second-order valence-corrected chi connectivity index (χ2v) is 5.51. The lowest BCUT2D eigenvalue weighted by Crippen LogP contribution is -2.44. The highest BCUT2D eigenvalue weighted by atomic mass is 16.4. The minimum Gasteiger partial charge on any atom is -0.481 e. The molecule has 0 spiro atoms. The van der Waals surface area contributed by atoms with Crippen LogP contribution < -0.4 is 0 Å². The number of urea groups is 1. The van der Waals surface area contributed by atoms with Crippen LogP contribution in [0, 0.1) is 11.8 Å². The van der Waals surface area contributed by atoms with E-state index in [-0.39, 0.29) is 11.9 Å². The van der Waals surface area contributed by atoms with E-state index in [4.69, 9.17) is 5.11 Å². The fraction of sp³-hybridized carbons (Fsp3) is 0.846. The van der Waals surface area contributed by atoms with Gasteiger partial charge in [-0.25, -0.2) is 4.79 Å². The molecule has 2 aliphatic heterocycles. The van der Waals surface area contributed by atoms with Gasteiger partial charge in [-0.2, -0.15) is 0 Å². The van der Waals surface area contributed by atoms with Gasteiger partial charge in [0, 0.05) is 25.7 Å². The molecule has 0 aromatic rings. The van der Waals surface area contributed by atoms with Crippen molar-refractivity contribution >= 4 is 12.0 Å². The number of carbonyl (C=O) groups excluding carboxylic acids is 1. The lowest BCUT2D eigenvalue weighted by atomic mass is 9.99. The topological polar surface area (TPSA) is 60.9 Å². The van der Waals surface area contributed by atoms with Gasteiger partial charge in [-0.1, -0.05) is 13.8 Å². The standard InChI is InChI=1S/C13H22N2O3/c1-3-10-5-4-6-15(10)13(18)14-7-9(2)11(8-14)12(16)17/h9-11H,3-8H2,1-2H3,(H,16,17)/t9-,10?,11-/m1/s1. The van der Waals surface area contributed by atoms with E-state index in [2.05, 4.69) is 6.92 Å². The van der Waals surface area contributed by atoms with Crippen LogP contribution in [0.3, 0.4) is 0 Å². The zero-order valence-electron chi connectivity index (χ0n) is 11.1. The molecule has 2 rings (SSSR count). The summed E-state index contributed by atoms with van der Waals surface area (Å²) < 4.78 is 0. The van der Waals surface area contributed by atoms with Gasteiger partial charge >= 0.3 is 12.0 Å². The molecule has 1 N–H and O–H groups in total. The molecule has 1 unspecified atom stereocenters. The Morgan fingerprint density at radius 2 is 2.06 bits per heavy atom. The van der Waals surface area contributed by atoms with Crippen molar-refractivity contribution in [2.24, 2.45) is 11.8 Å². The van der Waals surface area contributed by atoms with E-state index in [0.717, 1.165) is 25.8 Å². The number of aliphatic carboxylic acids is 1. The Bertz CT molecular complexity index is 345. The summed E-state index contributed by atoms with van der Waals surface area (Å²) in [7, 11) is 0. The van der Waals surface area contributed by atoms with E-state index < -0.39 is 11.9 Å². The Labute approximate surface area is 108 Å². The second kappa shape index (κ2) is 5.16. The molecule has 102 valence electrons. The molecule has 2 aliphatic rings. The molecule has 0 radical (unpaired) electrons. The van der Waals surface area contributed by atoms with Crippen molar-refractivity contribution in [2.75, 3.05) is 19.6 Å². The van der Waals surface area contributed by atoms with Crippen molar-refractivity contribution < 1.29 is 14.7 Å². The predicted molar refractivity (Wildman–Crippen MR) is 67.3 cm³/mol. The molecular weight excluding hydrogens is 232 g/mol. The normalized spacial score (nSPS) is 32.0. The fourth-order valence-corrected chi connectivity index (χ4v) is 3.14. The Morgan fingerprint density at radius 1 is 1.33 bits per heavy atom. The maximum absolute atomic E-state index is 12.4. The van der Waals surface area contributed by atoms with Crippen LogP contribution in [0.1, 0.15) is 33.1 Å². The lowest BCUT2D eigenvalue weighted by Gasteiger charge is -2.29. The van der Waals surface area contributed by atoms with Gasteiger partial charge in [-0.05, 0) is 25.2 Å². The molecule has 0 aliphatic carbocycles. The Hall–Kier alpha value is -1.26. The van der Waals surface area contributed by atoms with Gasteiger partial charge in [-0.3, -0.25) is 4.79 Å². The Balaban J connectivity index is 2.00. The monoisotopic (exact) mass is 254 g/mol. The molecule has 0 aromatic carbocycles. The summed E-state index contributed by atoms with van der Waals surface area (Å²) in [5, 5.41) is 9.10. The first-order chi connectivity index (χ1) is 8.54. The number of rotatable bonds is 2. The van der Waals surface area contributed by atoms with Crippen LogP contribution in [0.4, 0.5) is 4.79 Å². The summed E-state index contributed by atoms with van der Waals surface area (Å²) in [6, 6.07) is 0.381. The first-order valence-electron chi connectivity index (χ1n) is 6.83. The Kier molecular flexibility index (Phi) is 3.78. The van der Waals surface area contributed by atoms with Crippen LogP contribution in [0.15, 0.2) is 0 Å². The summed E-state index contributed by atoms with van der Waals surface area (Å²) in [6.07, 6.45) is 3.13. The average molecular weight is 254 g/mol. The Morgan fingerprint density at radius 3 is 2.61 bits per heavy atom. The van der Waals surface area contributed by atoms with E-state index in [0.29, 0.717) is 19.1 Å². The second-order valence-electron chi connectivity index (χ2n) is 5.51. The third-order valence-corrected chi connectivity index (χ3v) is 4.29. The lowest BCUT2D eigenvalue weighted by molar-refractivity contribution is -0.142. The number of likely N-dealkylation sites (tertiary alicyclic amines) is 2. The number of nitrogens with zero attached hydrogens (tertiary/aromatic N) is 2. The molecule has 18 heavy (non-hydrogen) atoms. The van der Waals surface area contributed by atoms with Crippen LogP contribution in [-0.4, -0.2) is 52.6 Å². The molecule has 2 saturated heterocycles. The summed E-state index contributed by atoms with van der Waals surface area (Å²) in [5.74, 6) is -1.14. The number of amides is 2. The van der Waals surface area contributed by atoms with E-state index in [1.807, 2.05) is 11.8 Å². The first-order valence-corrected chi connectivity index (χ1v) is 6.83. The minimum absolute atomic E-state index is 0.0370. The quantitative estimate of drug-likeness (QED) is 0.814. The maximum Gasteiger partial charge on any atom is 0.320 e. The molecule has 3 atom stereocenters. The number of hydrogen-bond donors (Lipinski definition) is 1. The molecule has 5 nitrogen and oxygen atoms in total. The van der Waals surface area contributed by atoms with Crippen molar-refractivity contribution in [3.63, 3.8) is 0 Å². The largest absolute Gasteiger partial charge is 0.481 e. The van der Waals surface area contributed by atoms with Crippen LogP contribution in [0.2, 0.25) is 0 Å². The van der Waals surface area contributed by atoms with Crippen LogP contribution >= 0.6 is 0 Å². The summed E-state index contributed by atoms with van der Waals surface area (Å²) >= 11 is 0. The minimum atomic E-state index is -0.786. The number of carboxylic acids is 1. The average Bonchev–Trinajstić information content (AvgIpc) is 2.93. The number of carboxylic acid groups (broad SMARTS) is 1. The molecule has 0 aromatic heterocycles. The van der Waals surface area contributed by atoms with Crippen molar-refractivity contribution in [3.8, 4) is 0 Å². The summed E-state index contributed by atoms with van der Waals surface area (Å²) in [6.45, 7) is 5.77. The molecule has 0 bridgehead atoms. The van der Waals surface area contributed by atoms with Gasteiger partial charge in [0.05, 0.1) is 5.92 Å². The SMILES string of the molecule is CCC1CCCN1C(=O)N1C[C@@H](C)[C@H](C(=O)O)C1. The van der Waals surface area contributed by atoms with Crippen molar-refractivity contribution in [2.45, 2.75) is 39.2 Å². The zero-order chi connectivity index (χ0) is 13.3. The molecule has 2 amide bonds. The highest BCUT2D eigenvalue weighted by Crippen LogP contribution is 2.27. The van der Waals surface area contributed by atoms with Gasteiger partial charge in [-0.15, -0.1) is 0 Å². The van der Waals surface area contributed by atoms with Crippen molar-refractivity contribution in [1.29, 1.82) is 0 Å². The molecule has 0 saturated carbocycles.